The highest BCUT2D eigenvalue weighted by molar-refractivity contribution is 7.99. The van der Waals surface area contributed by atoms with Crippen LogP contribution in [0.1, 0.15) is 31.0 Å². The van der Waals surface area contributed by atoms with Crippen LogP contribution in [0.25, 0.3) is 11.5 Å². The second kappa shape index (κ2) is 8.67. The van der Waals surface area contributed by atoms with E-state index in [1.54, 1.807) is 0 Å². The van der Waals surface area contributed by atoms with Crippen LogP contribution in [0.15, 0.2) is 64.2 Å². The van der Waals surface area contributed by atoms with Gasteiger partial charge in [0.25, 0.3) is 5.22 Å². The highest BCUT2D eigenvalue weighted by Gasteiger charge is 2.13. The molecule has 0 bridgehead atoms. The van der Waals surface area contributed by atoms with Gasteiger partial charge in [0.2, 0.25) is 11.8 Å². The average Bonchev–Trinajstić information content (AvgIpc) is 3.16. The van der Waals surface area contributed by atoms with Crippen LogP contribution in [0.5, 0.6) is 0 Å². The summed E-state index contributed by atoms with van der Waals surface area (Å²) in [6, 6.07) is 17.8. The molecule has 1 heterocycles. The number of carbonyl (C=O) groups is 1. The van der Waals surface area contributed by atoms with Crippen LogP contribution in [0, 0.1) is 0 Å². The van der Waals surface area contributed by atoms with Gasteiger partial charge in [0.15, 0.2) is 0 Å². The minimum Gasteiger partial charge on any atom is -0.411 e. The number of hydrogen-bond acceptors (Lipinski definition) is 5. The molecule has 0 aliphatic rings. The summed E-state index contributed by atoms with van der Waals surface area (Å²) in [6.07, 6.45) is 1.01. The third-order valence-corrected chi connectivity index (χ3v) is 4.84. The van der Waals surface area contributed by atoms with Crippen molar-refractivity contribution in [2.24, 2.45) is 0 Å². The van der Waals surface area contributed by atoms with Gasteiger partial charge in [-0.05, 0) is 36.6 Å². The molecule has 2 aromatic carbocycles. The fourth-order valence-corrected chi connectivity index (χ4v) is 3.08. The van der Waals surface area contributed by atoms with E-state index in [1.807, 2.05) is 37.3 Å². The third kappa shape index (κ3) is 4.73. The smallest absolute Gasteiger partial charge is 0.277 e. The van der Waals surface area contributed by atoms with Crippen molar-refractivity contribution in [3.63, 3.8) is 0 Å². The van der Waals surface area contributed by atoms with Crippen LogP contribution >= 0.6 is 11.8 Å². The lowest BCUT2D eigenvalue weighted by atomic mass is 10.1. The van der Waals surface area contributed by atoms with Gasteiger partial charge in [-0.2, -0.15) is 0 Å². The number of nitrogens with one attached hydrogen (secondary N) is 1. The van der Waals surface area contributed by atoms with Gasteiger partial charge in [0.05, 0.1) is 11.8 Å². The van der Waals surface area contributed by atoms with Crippen LogP contribution in [0.2, 0.25) is 0 Å². The largest absolute Gasteiger partial charge is 0.411 e. The SMILES string of the molecule is CCc1ccc([C@H](C)NC(=O)CSc2nnc(-c3ccccc3)o2)cc1. The molecule has 1 N–H and O–H groups in total. The van der Waals surface area contributed by atoms with Gasteiger partial charge in [-0.3, -0.25) is 4.79 Å². The number of carbonyl (C=O) groups excluding carboxylic acids is 1. The maximum absolute atomic E-state index is 12.2. The molecule has 26 heavy (non-hydrogen) atoms. The first kappa shape index (κ1) is 18.2. The molecule has 0 unspecified atom stereocenters. The first-order chi connectivity index (χ1) is 12.7. The highest BCUT2D eigenvalue weighted by Crippen LogP contribution is 2.23. The van der Waals surface area contributed by atoms with E-state index >= 15 is 0 Å². The monoisotopic (exact) mass is 367 g/mol. The Hall–Kier alpha value is -2.60. The Labute approximate surface area is 157 Å². The predicted octanol–water partition coefficient (Wildman–Crippen LogP) is 4.27. The van der Waals surface area contributed by atoms with Gasteiger partial charge in [-0.15, -0.1) is 10.2 Å². The van der Waals surface area contributed by atoms with Crippen molar-refractivity contribution in [2.45, 2.75) is 31.5 Å². The first-order valence-corrected chi connectivity index (χ1v) is 9.54. The molecule has 6 heteroatoms. The van der Waals surface area contributed by atoms with E-state index in [4.69, 9.17) is 4.42 Å². The van der Waals surface area contributed by atoms with Gasteiger partial charge >= 0.3 is 0 Å². The third-order valence-electron chi connectivity index (χ3n) is 4.02. The summed E-state index contributed by atoms with van der Waals surface area (Å²) in [7, 11) is 0. The van der Waals surface area contributed by atoms with Crippen LogP contribution < -0.4 is 5.32 Å². The summed E-state index contributed by atoms with van der Waals surface area (Å²) in [5, 5.41) is 11.4. The Morgan fingerprint density at radius 1 is 1.12 bits per heavy atom. The number of benzene rings is 2. The molecular formula is C20H21N3O2S. The zero-order valence-electron chi connectivity index (χ0n) is 14.8. The van der Waals surface area contributed by atoms with Crippen LogP contribution in [-0.4, -0.2) is 21.9 Å². The van der Waals surface area contributed by atoms with Crippen LogP contribution in [-0.2, 0) is 11.2 Å². The highest BCUT2D eigenvalue weighted by atomic mass is 32.2. The quantitative estimate of drug-likeness (QED) is 0.632. The Bertz CT molecular complexity index is 847. The molecular weight excluding hydrogens is 346 g/mol. The molecule has 134 valence electrons. The number of nitrogens with zero attached hydrogens (tertiary/aromatic N) is 2. The summed E-state index contributed by atoms with van der Waals surface area (Å²) >= 11 is 1.23. The molecule has 1 atom stereocenters. The molecule has 3 aromatic rings. The predicted molar refractivity (Wildman–Crippen MR) is 103 cm³/mol. The maximum Gasteiger partial charge on any atom is 0.277 e. The number of rotatable bonds is 7. The van der Waals surface area contributed by atoms with Crippen molar-refractivity contribution in [1.29, 1.82) is 0 Å². The fraction of sp³-hybridized carbons (Fsp3) is 0.250. The zero-order valence-corrected chi connectivity index (χ0v) is 15.6. The summed E-state index contributed by atoms with van der Waals surface area (Å²) in [5.74, 6) is 0.618. The van der Waals surface area contributed by atoms with Gasteiger partial charge in [-0.1, -0.05) is 61.2 Å². The number of hydrogen-bond donors (Lipinski definition) is 1. The lowest BCUT2D eigenvalue weighted by molar-refractivity contribution is -0.119. The van der Waals surface area contributed by atoms with E-state index in [1.165, 1.54) is 17.3 Å². The Kier molecular flexibility index (Phi) is 6.07. The van der Waals surface area contributed by atoms with Crippen LogP contribution in [0.3, 0.4) is 0 Å². The lowest BCUT2D eigenvalue weighted by Crippen LogP contribution is -2.28. The molecule has 5 nitrogen and oxygen atoms in total. The standard InChI is InChI=1S/C20H21N3O2S/c1-3-15-9-11-16(12-10-15)14(2)21-18(24)13-26-20-23-22-19(25-20)17-7-5-4-6-8-17/h4-12,14H,3,13H2,1-2H3,(H,21,24)/t14-/m0/s1. The van der Waals surface area contributed by atoms with Crippen molar-refractivity contribution in [3.05, 3.63) is 65.7 Å². The number of amides is 1. The minimum absolute atomic E-state index is 0.0448. The zero-order chi connectivity index (χ0) is 18.4. The van der Waals surface area contributed by atoms with Gasteiger partial charge in [0, 0.05) is 5.56 Å². The van der Waals surface area contributed by atoms with Crippen molar-refractivity contribution in [2.75, 3.05) is 5.75 Å². The normalized spacial score (nSPS) is 11.9. The molecule has 0 fully saturated rings. The van der Waals surface area contributed by atoms with Crippen LogP contribution in [0.4, 0.5) is 0 Å². The molecule has 0 radical (unpaired) electrons. The molecule has 0 spiro atoms. The molecule has 0 saturated carbocycles. The van der Waals surface area contributed by atoms with E-state index in [0.717, 1.165) is 17.5 Å². The summed E-state index contributed by atoms with van der Waals surface area (Å²) in [4.78, 5) is 12.2. The van der Waals surface area contributed by atoms with E-state index in [0.29, 0.717) is 11.1 Å². The van der Waals surface area contributed by atoms with Gasteiger partial charge in [-0.25, -0.2) is 0 Å². The maximum atomic E-state index is 12.2. The second-order valence-electron chi connectivity index (χ2n) is 5.91. The topological polar surface area (TPSA) is 68.0 Å². The van der Waals surface area contributed by atoms with Gasteiger partial charge < -0.3 is 9.73 Å². The summed E-state index contributed by atoms with van der Waals surface area (Å²) < 4.78 is 5.60. The summed E-state index contributed by atoms with van der Waals surface area (Å²) in [5.41, 5.74) is 3.23. The minimum atomic E-state index is -0.0680. The van der Waals surface area contributed by atoms with E-state index in [-0.39, 0.29) is 17.7 Å². The van der Waals surface area contributed by atoms with E-state index in [9.17, 15) is 4.79 Å². The fourth-order valence-electron chi connectivity index (χ4n) is 2.50. The molecule has 0 aliphatic heterocycles. The van der Waals surface area contributed by atoms with E-state index < -0.39 is 0 Å². The Morgan fingerprint density at radius 3 is 2.54 bits per heavy atom. The Morgan fingerprint density at radius 2 is 1.85 bits per heavy atom. The molecule has 0 saturated heterocycles. The summed E-state index contributed by atoms with van der Waals surface area (Å²) in [6.45, 7) is 4.10. The molecule has 1 amide bonds. The lowest BCUT2D eigenvalue weighted by Gasteiger charge is -2.14. The van der Waals surface area contributed by atoms with Crippen molar-refractivity contribution in [3.8, 4) is 11.5 Å². The van der Waals surface area contributed by atoms with Crippen molar-refractivity contribution < 1.29 is 9.21 Å². The molecule has 1 aromatic heterocycles. The first-order valence-electron chi connectivity index (χ1n) is 8.55. The molecule has 3 rings (SSSR count). The number of thioether (sulfide) groups is 1. The Balaban J connectivity index is 1.51. The van der Waals surface area contributed by atoms with E-state index in [2.05, 4.69) is 46.7 Å². The van der Waals surface area contributed by atoms with Gasteiger partial charge in [0.1, 0.15) is 0 Å². The van der Waals surface area contributed by atoms with Crippen molar-refractivity contribution in [1.82, 2.24) is 15.5 Å². The second-order valence-corrected chi connectivity index (χ2v) is 6.84. The van der Waals surface area contributed by atoms with Crippen molar-refractivity contribution >= 4 is 17.7 Å². The number of aromatic nitrogens is 2. The average molecular weight is 367 g/mol. The molecule has 0 aliphatic carbocycles. The number of aryl methyl sites for hydroxylation is 1.